The third-order valence-electron chi connectivity index (χ3n) is 5.12. The number of hydrogen-bond acceptors (Lipinski definition) is 6. The van der Waals surface area contributed by atoms with Crippen LogP contribution < -0.4 is 21.3 Å². The number of nitrogen functional groups attached to an aromatic ring is 1. The summed E-state index contributed by atoms with van der Waals surface area (Å²) in [6.07, 6.45) is -2.76. The topological polar surface area (TPSA) is 113 Å². The number of nitrogens with one attached hydrogen (secondary N) is 2. The Kier molecular flexibility index (Phi) is 4.96. The van der Waals surface area contributed by atoms with Gasteiger partial charge in [-0.3, -0.25) is 9.59 Å². The molecule has 11 heteroatoms. The molecule has 30 heavy (non-hydrogen) atoms. The van der Waals surface area contributed by atoms with Gasteiger partial charge in [-0.1, -0.05) is 6.07 Å². The van der Waals surface area contributed by atoms with Crippen LogP contribution in [0.3, 0.4) is 0 Å². The SMILES string of the molecule is Nc1nc(N2CCCC2)nc2c1[C@H](C(=O)Nc1cccc(C(F)(F)F)c1)CC(=O)N2. The second-order valence-electron chi connectivity index (χ2n) is 7.24. The molecule has 0 bridgehead atoms. The summed E-state index contributed by atoms with van der Waals surface area (Å²) in [4.78, 5) is 35.6. The van der Waals surface area contributed by atoms with Crippen molar-refractivity contribution >= 4 is 35.1 Å². The first kappa shape index (κ1) is 19.9. The van der Waals surface area contributed by atoms with Crippen molar-refractivity contribution in [3.8, 4) is 0 Å². The second kappa shape index (κ2) is 7.47. The molecule has 1 aromatic heterocycles. The van der Waals surface area contributed by atoms with Crippen LogP contribution in [0.2, 0.25) is 0 Å². The standard InChI is InChI=1S/C19H19F3N6O2/c20-19(21,22)10-4-3-5-11(8-10)24-17(30)12-9-13(29)25-16-14(12)15(23)26-18(27-16)28-6-1-2-7-28/h3-5,8,12H,1-2,6-7,9H2,(H,24,30)(H3,23,25,26,27,29)/t12-/m1/s1. The highest BCUT2D eigenvalue weighted by Gasteiger charge is 2.36. The van der Waals surface area contributed by atoms with Crippen molar-refractivity contribution in [3.05, 3.63) is 35.4 Å². The zero-order valence-electron chi connectivity index (χ0n) is 15.8. The maximum absolute atomic E-state index is 12.9. The van der Waals surface area contributed by atoms with Crippen molar-refractivity contribution in [3.63, 3.8) is 0 Å². The molecule has 3 heterocycles. The van der Waals surface area contributed by atoms with E-state index in [2.05, 4.69) is 20.6 Å². The van der Waals surface area contributed by atoms with Gasteiger partial charge in [0.2, 0.25) is 17.8 Å². The highest BCUT2D eigenvalue weighted by molar-refractivity contribution is 6.05. The van der Waals surface area contributed by atoms with Crippen LogP contribution in [-0.4, -0.2) is 34.9 Å². The van der Waals surface area contributed by atoms with E-state index in [0.29, 0.717) is 5.95 Å². The van der Waals surface area contributed by atoms with E-state index in [1.54, 1.807) is 0 Å². The summed E-state index contributed by atoms with van der Waals surface area (Å²) in [5.41, 5.74) is 5.45. The molecule has 0 radical (unpaired) electrons. The highest BCUT2D eigenvalue weighted by Crippen LogP contribution is 2.37. The minimum absolute atomic E-state index is 0.0319. The highest BCUT2D eigenvalue weighted by atomic mass is 19.4. The molecular weight excluding hydrogens is 401 g/mol. The number of rotatable bonds is 3. The van der Waals surface area contributed by atoms with Crippen molar-refractivity contribution in [1.82, 2.24) is 9.97 Å². The van der Waals surface area contributed by atoms with Crippen LogP contribution >= 0.6 is 0 Å². The van der Waals surface area contributed by atoms with Gasteiger partial charge in [0, 0.05) is 25.2 Å². The lowest BCUT2D eigenvalue weighted by atomic mass is 9.91. The molecule has 158 valence electrons. The van der Waals surface area contributed by atoms with Gasteiger partial charge in [0.1, 0.15) is 11.6 Å². The summed E-state index contributed by atoms with van der Waals surface area (Å²) in [7, 11) is 0. The van der Waals surface area contributed by atoms with Gasteiger partial charge >= 0.3 is 6.18 Å². The van der Waals surface area contributed by atoms with Gasteiger partial charge in [-0.25, -0.2) is 0 Å². The molecule has 1 fully saturated rings. The zero-order chi connectivity index (χ0) is 21.5. The fourth-order valence-corrected chi connectivity index (χ4v) is 3.67. The van der Waals surface area contributed by atoms with Gasteiger partial charge in [0.15, 0.2) is 0 Å². The van der Waals surface area contributed by atoms with E-state index in [1.807, 2.05) is 4.90 Å². The van der Waals surface area contributed by atoms with Crippen LogP contribution in [0.4, 0.5) is 36.4 Å². The van der Waals surface area contributed by atoms with Crippen LogP contribution in [0.1, 0.15) is 36.3 Å². The number of fused-ring (bicyclic) bond motifs is 1. The van der Waals surface area contributed by atoms with Crippen molar-refractivity contribution in [1.29, 1.82) is 0 Å². The van der Waals surface area contributed by atoms with Gasteiger partial charge in [0.25, 0.3) is 0 Å². The number of anilines is 4. The molecule has 1 aromatic carbocycles. The minimum atomic E-state index is -4.54. The van der Waals surface area contributed by atoms with Crippen molar-refractivity contribution in [2.24, 2.45) is 0 Å². The number of alkyl halides is 3. The van der Waals surface area contributed by atoms with E-state index in [4.69, 9.17) is 5.73 Å². The van der Waals surface area contributed by atoms with E-state index in [0.717, 1.165) is 38.1 Å². The number of amides is 2. The smallest absolute Gasteiger partial charge is 0.383 e. The zero-order valence-corrected chi connectivity index (χ0v) is 15.8. The Balaban J connectivity index is 1.63. The third kappa shape index (κ3) is 3.87. The Morgan fingerprint density at radius 3 is 2.67 bits per heavy atom. The maximum Gasteiger partial charge on any atom is 0.416 e. The van der Waals surface area contributed by atoms with Gasteiger partial charge in [0.05, 0.1) is 17.0 Å². The molecule has 2 amide bonds. The van der Waals surface area contributed by atoms with Gasteiger partial charge in [-0.2, -0.15) is 23.1 Å². The molecule has 0 aliphatic carbocycles. The number of hydrogen-bond donors (Lipinski definition) is 3. The molecule has 0 saturated carbocycles. The summed E-state index contributed by atoms with van der Waals surface area (Å²) in [6, 6.07) is 4.27. The Morgan fingerprint density at radius 2 is 1.97 bits per heavy atom. The minimum Gasteiger partial charge on any atom is -0.383 e. The number of carbonyl (C=O) groups is 2. The van der Waals surface area contributed by atoms with Crippen LogP contribution in [0, 0.1) is 0 Å². The predicted octanol–water partition coefficient (Wildman–Crippen LogP) is 2.74. The molecule has 0 unspecified atom stereocenters. The van der Waals surface area contributed by atoms with Crippen molar-refractivity contribution in [2.75, 3.05) is 34.4 Å². The average Bonchev–Trinajstić information content (AvgIpc) is 3.21. The molecule has 8 nitrogen and oxygen atoms in total. The monoisotopic (exact) mass is 420 g/mol. The average molecular weight is 420 g/mol. The lowest BCUT2D eigenvalue weighted by Crippen LogP contribution is -2.33. The van der Waals surface area contributed by atoms with Gasteiger partial charge < -0.3 is 21.3 Å². The number of nitrogens with two attached hydrogens (primary N) is 1. The van der Waals surface area contributed by atoms with Crippen LogP contribution in [0.15, 0.2) is 24.3 Å². The maximum atomic E-state index is 12.9. The molecule has 1 atom stereocenters. The summed E-state index contributed by atoms with van der Waals surface area (Å²) in [5, 5.41) is 5.06. The Hall–Kier alpha value is -3.37. The van der Waals surface area contributed by atoms with Crippen LogP contribution in [0.5, 0.6) is 0 Å². The van der Waals surface area contributed by atoms with Crippen molar-refractivity contribution in [2.45, 2.75) is 31.4 Å². The fraction of sp³-hybridized carbons (Fsp3) is 0.368. The molecular formula is C19H19F3N6O2. The van der Waals surface area contributed by atoms with Crippen LogP contribution in [-0.2, 0) is 15.8 Å². The fourth-order valence-electron chi connectivity index (χ4n) is 3.67. The Bertz CT molecular complexity index is 1000. The first-order valence-corrected chi connectivity index (χ1v) is 9.42. The summed E-state index contributed by atoms with van der Waals surface area (Å²) in [5.74, 6) is -1.51. The Labute approximate surface area is 169 Å². The number of halogens is 3. The predicted molar refractivity (Wildman–Crippen MR) is 104 cm³/mol. The van der Waals surface area contributed by atoms with E-state index < -0.39 is 29.5 Å². The lowest BCUT2D eigenvalue weighted by Gasteiger charge is -2.26. The molecule has 4 N–H and O–H groups in total. The summed E-state index contributed by atoms with van der Waals surface area (Å²) >= 11 is 0. The van der Waals surface area contributed by atoms with Crippen molar-refractivity contribution < 1.29 is 22.8 Å². The van der Waals surface area contributed by atoms with E-state index in [9.17, 15) is 22.8 Å². The number of benzene rings is 1. The first-order valence-electron chi connectivity index (χ1n) is 9.42. The summed E-state index contributed by atoms with van der Waals surface area (Å²) < 4.78 is 38.8. The third-order valence-corrected chi connectivity index (χ3v) is 5.12. The molecule has 2 aromatic rings. The van der Waals surface area contributed by atoms with Gasteiger partial charge in [-0.15, -0.1) is 0 Å². The number of aromatic nitrogens is 2. The Morgan fingerprint density at radius 1 is 1.23 bits per heavy atom. The number of nitrogens with zero attached hydrogens (tertiary/aromatic N) is 3. The second-order valence-corrected chi connectivity index (χ2v) is 7.24. The van der Waals surface area contributed by atoms with Crippen LogP contribution in [0.25, 0.3) is 0 Å². The summed E-state index contributed by atoms with van der Waals surface area (Å²) in [6.45, 7) is 1.54. The molecule has 2 aliphatic heterocycles. The van der Waals surface area contributed by atoms with E-state index in [-0.39, 0.29) is 29.3 Å². The normalized spacial score (nSPS) is 18.7. The van der Waals surface area contributed by atoms with E-state index in [1.165, 1.54) is 12.1 Å². The van der Waals surface area contributed by atoms with E-state index >= 15 is 0 Å². The molecule has 4 rings (SSSR count). The first-order chi connectivity index (χ1) is 14.2. The van der Waals surface area contributed by atoms with Gasteiger partial charge in [-0.05, 0) is 31.0 Å². The molecule has 1 saturated heterocycles. The number of carbonyl (C=O) groups excluding carboxylic acids is 2. The largest absolute Gasteiger partial charge is 0.416 e. The molecule has 0 spiro atoms. The molecule has 2 aliphatic rings. The quantitative estimate of drug-likeness (QED) is 0.704. The lowest BCUT2D eigenvalue weighted by molar-refractivity contribution is -0.137.